The molecule has 3 aromatic rings. The van der Waals surface area contributed by atoms with Gasteiger partial charge >= 0.3 is 0 Å². The van der Waals surface area contributed by atoms with E-state index in [2.05, 4.69) is 50.2 Å². The minimum absolute atomic E-state index is 0.183. The van der Waals surface area contributed by atoms with Crippen LogP contribution < -0.4 is 14.5 Å². The van der Waals surface area contributed by atoms with Gasteiger partial charge in [-0.25, -0.2) is 9.19 Å². The van der Waals surface area contributed by atoms with Crippen molar-refractivity contribution in [2.75, 3.05) is 55.2 Å². The SMILES string of the molecule is CC/C=C(\C=NC)N1CCN(c2ccc3cnc(CNC(=O)c4ccc5c(c4)N(S(C)=O)CC5)cc3n2)CC1. The maximum Gasteiger partial charge on any atom is 0.251 e. The highest BCUT2D eigenvalue weighted by Crippen LogP contribution is 2.30. The summed E-state index contributed by atoms with van der Waals surface area (Å²) in [7, 11) is 0.700. The van der Waals surface area contributed by atoms with Gasteiger partial charge in [-0.05, 0) is 48.7 Å². The number of hydrogen-bond donors (Lipinski definition) is 1. The van der Waals surface area contributed by atoms with Crippen LogP contribution in [0.3, 0.4) is 0 Å². The third kappa shape index (κ3) is 5.95. The Morgan fingerprint density at radius 2 is 1.95 bits per heavy atom. The minimum atomic E-state index is -1.11. The molecule has 204 valence electrons. The summed E-state index contributed by atoms with van der Waals surface area (Å²) in [4.78, 5) is 31.3. The largest absolute Gasteiger partial charge is 0.367 e. The molecule has 0 spiro atoms. The highest BCUT2D eigenvalue weighted by molar-refractivity contribution is 7.85. The Morgan fingerprint density at radius 1 is 1.13 bits per heavy atom. The number of hydrogen-bond acceptors (Lipinski definition) is 7. The Bertz CT molecular complexity index is 1450. The first-order chi connectivity index (χ1) is 19.0. The molecule has 1 aromatic carbocycles. The number of carbonyl (C=O) groups excluding carboxylic acids is 1. The van der Waals surface area contributed by atoms with Crippen LogP contribution in [0.5, 0.6) is 0 Å². The van der Waals surface area contributed by atoms with E-state index in [1.807, 2.05) is 41.8 Å². The van der Waals surface area contributed by atoms with Crippen molar-refractivity contribution < 1.29 is 9.00 Å². The number of nitrogens with one attached hydrogen (secondary N) is 1. The summed E-state index contributed by atoms with van der Waals surface area (Å²) in [5.41, 5.74) is 5.33. The van der Waals surface area contributed by atoms with E-state index >= 15 is 0 Å². The van der Waals surface area contributed by atoms with E-state index in [1.54, 1.807) is 12.5 Å². The normalized spacial score (nSPS) is 16.7. The van der Waals surface area contributed by atoms with Crippen LogP contribution in [0.2, 0.25) is 0 Å². The quantitative estimate of drug-likeness (QED) is 0.437. The lowest BCUT2D eigenvalue weighted by atomic mass is 10.1. The number of fused-ring (bicyclic) bond motifs is 2. The van der Waals surface area contributed by atoms with Gasteiger partial charge in [0.15, 0.2) is 0 Å². The molecule has 0 aliphatic carbocycles. The number of nitrogens with zero attached hydrogens (tertiary/aromatic N) is 6. The van der Waals surface area contributed by atoms with Gasteiger partial charge in [0.05, 0.1) is 29.1 Å². The van der Waals surface area contributed by atoms with E-state index in [0.717, 1.165) is 72.7 Å². The fourth-order valence-corrected chi connectivity index (χ4v) is 5.95. The molecule has 1 saturated heterocycles. The van der Waals surface area contributed by atoms with Crippen LogP contribution in [0.4, 0.5) is 11.5 Å². The van der Waals surface area contributed by atoms with Gasteiger partial charge in [0, 0.05) is 69.4 Å². The number of anilines is 2. The molecule has 1 atom stereocenters. The molecule has 2 aliphatic rings. The average Bonchev–Trinajstić information content (AvgIpc) is 3.39. The number of benzene rings is 1. The maximum absolute atomic E-state index is 12.9. The van der Waals surface area contributed by atoms with Crippen LogP contribution in [0.1, 0.15) is 35.0 Å². The zero-order chi connectivity index (χ0) is 27.4. The summed E-state index contributed by atoms with van der Waals surface area (Å²) in [5.74, 6) is 0.766. The summed E-state index contributed by atoms with van der Waals surface area (Å²) in [6, 6.07) is 11.7. The second kappa shape index (κ2) is 11.9. The number of aliphatic imine (C=N–C) groups is 1. The predicted octanol–water partition coefficient (Wildman–Crippen LogP) is 3.33. The van der Waals surface area contributed by atoms with Crippen LogP contribution in [0.15, 0.2) is 59.4 Å². The monoisotopic (exact) mass is 545 g/mol. The third-order valence-electron chi connectivity index (χ3n) is 7.20. The average molecular weight is 546 g/mol. The van der Waals surface area contributed by atoms with Crippen molar-refractivity contribution in [1.29, 1.82) is 0 Å². The van der Waals surface area contributed by atoms with Gasteiger partial charge in [0.25, 0.3) is 5.91 Å². The summed E-state index contributed by atoms with van der Waals surface area (Å²) < 4.78 is 13.9. The van der Waals surface area contributed by atoms with Crippen LogP contribution in [-0.2, 0) is 24.0 Å². The molecule has 1 N–H and O–H groups in total. The van der Waals surface area contributed by atoms with E-state index in [4.69, 9.17) is 4.98 Å². The number of pyridine rings is 2. The Kier molecular flexibility index (Phi) is 8.21. The molecule has 10 heteroatoms. The van der Waals surface area contributed by atoms with E-state index in [1.165, 1.54) is 5.70 Å². The first-order valence-electron chi connectivity index (χ1n) is 13.4. The number of piperazine rings is 1. The molecule has 0 bridgehead atoms. The van der Waals surface area contributed by atoms with Gasteiger partial charge < -0.3 is 15.1 Å². The third-order valence-corrected chi connectivity index (χ3v) is 8.20. The molecule has 9 nitrogen and oxygen atoms in total. The fraction of sp³-hybridized carbons (Fsp3) is 0.379. The van der Waals surface area contributed by atoms with Gasteiger partial charge in [-0.2, -0.15) is 0 Å². The fourth-order valence-electron chi connectivity index (χ4n) is 5.15. The number of allylic oxidation sites excluding steroid dienone is 2. The molecule has 5 rings (SSSR count). The van der Waals surface area contributed by atoms with Crippen LogP contribution >= 0.6 is 0 Å². The summed E-state index contributed by atoms with van der Waals surface area (Å²) in [5, 5.41) is 3.94. The molecule has 2 aliphatic heterocycles. The standard InChI is InChI=1S/C29H35N7O2S/c1-4-5-25(20-30-2)34-12-14-35(15-13-34)28-9-8-23-18-31-24(17-26(23)33-28)19-32-29(37)22-7-6-21-10-11-36(39(3)38)27(21)16-22/h5-9,16-18,20H,4,10-15,19H2,1-3H3,(H,32,37)/b25-5+,30-20?. The van der Waals surface area contributed by atoms with Crippen molar-refractivity contribution in [2.24, 2.45) is 4.99 Å². The Balaban J connectivity index is 1.24. The Morgan fingerprint density at radius 3 is 2.69 bits per heavy atom. The lowest BCUT2D eigenvalue weighted by Crippen LogP contribution is -2.46. The van der Waals surface area contributed by atoms with E-state index in [9.17, 15) is 9.00 Å². The maximum atomic E-state index is 12.9. The smallest absolute Gasteiger partial charge is 0.251 e. The van der Waals surface area contributed by atoms with Crippen molar-refractivity contribution in [1.82, 2.24) is 20.2 Å². The van der Waals surface area contributed by atoms with Gasteiger partial charge in [-0.15, -0.1) is 0 Å². The first-order valence-corrected chi connectivity index (χ1v) is 14.9. The van der Waals surface area contributed by atoms with Gasteiger partial charge in [-0.1, -0.05) is 19.1 Å². The Labute approximate surface area is 232 Å². The first kappa shape index (κ1) is 26.8. The summed E-state index contributed by atoms with van der Waals surface area (Å²) in [6.45, 7) is 6.75. The summed E-state index contributed by atoms with van der Waals surface area (Å²) in [6.07, 6.45) is 9.45. The van der Waals surface area contributed by atoms with Crippen LogP contribution in [0.25, 0.3) is 10.9 Å². The zero-order valence-corrected chi connectivity index (χ0v) is 23.6. The molecular formula is C29H35N7O2S. The Hall–Kier alpha value is -3.79. The van der Waals surface area contributed by atoms with Crippen LogP contribution in [0, 0.1) is 0 Å². The molecule has 1 unspecified atom stereocenters. The van der Waals surface area contributed by atoms with Crippen molar-refractivity contribution in [3.8, 4) is 0 Å². The number of rotatable bonds is 8. The van der Waals surface area contributed by atoms with Crippen molar-refractivity contribution in [3.63, 3.8) is 0 Å². The molecule has 1 fully saturated rings. The number of aromatic nitrogens is 2. The van der Waals surface area contributed by atoms with Crippen molar-refractivity contribution in [2.45, 2.75) is 26.3 Å². The van der Waals surface area contributed by atoms with E-state index < -0.39 is 11.0 Å². The van der Waals surface area contributed by atoms with Gasteiger partial charge in [-0.3, -0.25) is 19.1 Å². The molecular weight excluding hydrogens is 510 g/mol. The second-order valence-electron chi connectivity index (χ2n) is 9.74. The topological polar surface area (TPSA) is 94.0 Å². The van der Waals surface area contributed by atoms with Crippen molar-refractivity contribution >= 4 is 45.5 Å². The summed E-state index contributed by atoms with van der Waals surface area (Å²) >= 11 is 0. The second-order valence-corrected chi connectivity index (χ2v) is 11.0. The molecule has 4 heterocycles. The molecule has 0 radical (unpaired) electrons. The lowest BCUT2D eigenvalue weighted by molar-refractivity contribution is 0.0950. The number of amides is 1. The lowest BCUT2D eigenvalue weighted by Gasteiger charge is -2.37. The number of carbonyl (C=O) groups is 1. The molecule has 2 aromatic heterocycles. The molecule has 1 amide bonds. The highest BCUT2D eigenvalue weighted by atomic mass is 32.2. The van der Waals surface area contributed by atoms with Crippen LogP contribution in [-0.4, -0.2) is 77.2 Å². The predicted molar refractivity (Wildman–Crippen MR) is 159 cm³/mol. The molecule has 0 saturated carbocycles. The van der Waals surface area contributed by atoms with E-state index in [-0.39, 0.29) is 5.91 Å². The minimum Gasteiger partial charge on any atom is -0.367 e. The van der Waals surface area contributed by atoms with E-state index in [0.29, 0.717) is 18.7 Å². The zero-order valence-electron chi connectivity index (χ0n) is 22.8. The van der Waals surface area contributed by atoms with Crippen molar-refractivity contribution in [3.05, 3.63) is 71.2 Å². The molecule has 39 heavy (non-hydrogen) atoms. The van der Waals surface area contributed by atoms with Gasteiger partial charge in [0.1, 0.15) is 16.8 Å². The van der Waals surface area contributed by atoms with Gasteiger partial charge in [0.2, 0.25) is 0 Å². The highest BCUT2D eigenvalue weighted by Gasteiger charge is 2.23.